The predicted molar refractivity (Wildman–Crippen MR) is 67.4 cm³/mol. The molecule has 2 atom stereocenters. The fourth-order valence-electron chi connectivity index (χ4n) is 1.77. The molecule has 2 rings (SSSR count). The minimum Gasteiger partial charge on any atom is -0.387 e. The Morgan fingerprint density at radius 2 is 2.06 bits per heavy atom. The van der Waals surface area contributed by atoms with Crippen LogP contribution in [0.3, 0.4) is 0 Å². The highest BCUT2D eigenvalue weighted by Crippen LogP contribution is 2.20. The summed E-state index contributed by atoms with van der Waals surface area (Å²) in [5, 5.41) is 18.0. The standard InChI is InChI=1S/C13H17N3O2/c1-10(18-2)8-13(17)12-9-14-15-16(12)11-6-4-3-5-7-11/h3-7,9-10,13,17H,8H2,1-2H3. The normalized spacial score (nSPS) is 14.4. The van der Waals surface area contributed by atoms with E-state index in [4.69, 9.17) is 4.74 Å². The number of hydrogen-bond acceptors (Lipinski definition) is 4. The van der Waals surface area contributed by atoms with Gasteiger partial charge < -0.3 is 9.84 Å². The molecule has 0 aliphatic rings. The van der Waals surface area contributed by atoms with Gasteiger partial charge in [0, 0.05) is 13.5 Å². The molecular formula is C13H17N3O2. The molecule has 5 nitrogen and oxygen atoms in total. The third kappa shape index (κ3) is 2.75. The smallest absolute Gasteiger partial charge is 0.100 e. The Hall–Kier alpha value is -1.72. The van der Waals surface area contributed by atoms with Crippen LogP contribution in [-0.4, -0.2) is 33.3 Å². The van der Waals surface area contributed by atoms with E-state index in [2.05, 4.69) is 10.3 Å². The number of aromatic nitrogens is 3. The Morgan fingerprint density at radius 1 is 1.33 bits per heavy atom. The molecule has 0 aliphatic heterocycles. The zero-order valence-electron chi connectivity index (χ0n) is 10.5. The third-order valence-corrected chi connectivity index (χ3v) is 2.88. The summed E-state index contributed by atoms with van der Waals surface area (Å²) in [5.74, 6) is 0. The van der Waals surface area contributed by atoms with Crippen molar-refractivity contribution in [2.24, 2.45) is 0 Å². The molecule has 0 radical (unpaired) electrons. The predicted octanol–water partition coefficient (Wildman–Crippen LogP) is 1.73. The van der Waals surface area contributed by atoms with Crippen LogP contribution in [-0.2, 0) is 4.74 Å². The first kappa shape index (κ1) is 12.7. The van der Waals surface area contributed by atoms with Crippen LogP contribution in [0.2, 0.25) is 0 Å². The van der Waals surface area contributed by atoms with Gasteiger partial charge in [-0.05, 0) is 19.1 Å². The summed E-state index contributed by atoms with van der Waals surface area (Å²) in [7, 11) is 1.63. The zero-order chi connectivity index (χ0) is 13.0. The SMILES string of the molecule is COC(C)CC(O)c1cnnn1-c1ccccc1. The number of hydrogen-bond donors (Lipinski definition) is 1. The van der Waals surface area contributed by atoms with E-state index in [1.54, 1.807) is 18.0 Å². The van der Waals surface area contributed by atoms with Gasteiger partial charge in [-0.2, -0.15) is 0 Å². The minimum atomic E-state index is -0.643. The molecular weight excluding hydrogens is 230 g/mol. The highest BCUT2D eigenvalue weighted by Gasteiger charge is 2.17. The van der Waals surface area contributed by atoms with Crippen molar-refractivity contribution in [3.8, 4) is 5.69 Å². The number of para-hydroxylation sites is 1. The largest absolute Gasteiger partial charge is 0.387 e. The van der Waals surface area contributed by atoms with Gasteiger partial charge in [-0.1, -0.05) is 23.4 Å². The van der Waals surface area contributed by atoms with Crippen LogP contribution >= 0.6 is 0 Å². The molecule has 2 unspecified atom stereocenters. The van der Waals surface area contributed by atoms with Gasteiger partial charge in [0.1, 0.15) is 6.10 Å². The molecule has 0 bridgehead atoms. The van der Waals surface area contributed by atoms with Gasteiger partial charge in [0.15, 0.2) is 0 Å². The molecule has 1 aromatic heterocycles. The van der Waals surface area contributed by atoms with E-state index in [-0.39, 0.29) is 6.10 Å². The molecule has 0 spiro atoms. The Labute approximate surface area is 106 Å². The second-order valence-corrected chi connectivity index (χ2v) is 4.20. The summed E-state index contributed by atoms with van der Waals surface area (Å²) in [4.78, 5) is 0. The summed E-state index contributed by atoms with van der Waals surface area (Å²) in [6, 6.07) is 9.62. The first-order chi connectivity index (χ1) is 8.72. The molecule has 0 saturated heterocycles. The highest BCUT2D eigenvalue weighted by molar-refractivity contribution is 5.31. The molecule has 1 N–H and O–H groups in total. The van der Waals surface area contributed by atoms with Crippen LogP contribution in [0.1, 0.15) is 25.1 Å². The maximum Gasteiger partial charge on any atom is 0.100 e. The van der Waals surface area contributed by atoms with Crippen molar-refractivity contribution in [2.75, 3.05) is 7.11 Å². The number of methoxy groups -OCH3 is 1. The van der Waals surface area contributed by atoms with Gasteiger partial charge in [0.25, 0.3) is 0 Å². The van der Waals surface area contributed by atoms with Gasteiger partial charge in [-0.15, -0.1) is 5.10 Å². The molecule has 96 valence electrons. The molecule has 0 amide bonds. The summed E-state index contributed by atoms with van der Waals surface area (Å²) < 4.78 is 6.80. The monoisotopic (exact) mass is 247 g/mol. The van der Waals surface area contributed by atoms with Crippen molar-refractivity contribution < 1.29 is 9.84 Å². The summed E-state index contributed by atoms with van der Waals surface area (Å²) >= 11 is 0. The summed E-state index contributed by atoms with van der Waals surface area (Å²) in [6.07, 6.45) is 1.44. The molecule has 2 aromatic rings. The molecule has 1 aromatic carbocycles. The van der Waals surface area contributed by atoms with Crippen molar-refractivity contribution in [3.63, 3.8) is 0 Å². The van der Waals surface area contributed by atoms with Gasteiger partial charge in [0.05, 0.1) is 23.7 Å². The van der Waals surface area contributed by atoms with E-state index in [1.807, 2.05) is 37.3 Å². The van der Waals surface area contributed by atoms with E-state index in [0.717, 1.165) is 5.69 Å². The van der Waals surface area contributed by atoms with E-state index in [1.165, 1.54) is 0 Å². The minimum absolute atomic E-state index is 0.0147. The van der Waals surface area contributed by atoms with Gasteiger partial charge in [0.2, 0.25) is 0 Å². The number of aliphatic hydroxyl groups excluding tert-OH is 1. The van der Waals surface area contributed by atoms with E-state index in [0.29, 0.717) is 12.1 Å². The number of benzene rings is 1. The first-order valence-electron chi connectivity index (χ1n) is 5.89. The fourth-order valence-corrected chi connectivity index (χ4v) is 1.77. The fraction of sp³-hybridized carbons (Fsp3) is 0.385. The van der Waals surface area contributed by atoms with Crippen molar-refractivity contribution in [1.29, 1.82) is 0 Å². The lowest BCUT2D eigenvalue weighted by Gasteiger charge is -2.15. The average molecular weight is 247 g/mol. The second kappa shape index (κ2) is 5.75. The topological polar surface area (TPSA) is 60.2 Å². The van der Waals surface area contributed by atoms with Crippen LogP contribution in [0.15, 0.2) is 36.5 Å². The van der Waals surface area contributed by atoms with Crippen LogP contribution < -0.4 is 0 Å². The molecule has 0 aliphatic carbocycles. The number of ether oxygens (including phenoxy) is 1. The van der Waals surface area contributed by atoms with Crippen LogP contribution in [0, 0.1) is 0 Å². The van der Waals surface area contributed by atoms with Crippen LogP contribution in [0.25, 0.3) is 5.69 Å². The Morgan fingerprint density at radius 3 is 2.72 bits per heavy atom. The molecule has 5 heteroatoms. The first-order valence-corrected chi connectivity index (χ1v) is 5.89. The maximum atomic E-state index is 10.2. The van der Waals surface area contributed by atoms with E-state index in [9.17, 15) is 5.11 Å². The van der Waals surface area contributed by atoms with E-state index >= 15 is 0 Å². The second-order valence-electron chi connectivity index (χ2n) is 4.20. The highest BCUT2D eigenvalue weighted by atomic mass is 16.5. The van der Waals surface area contributed by atoms with Crippen LogP contribution in [0.5, 0.6) is 0 Å². The molecule has 0 fully saturated rings. The summed E-state index contributed by atoms with van der Waals surface area (Å²) in [6.45, 7) is 1.92. The third-order valence-electron chi connectivity index (χ3n) is 2.88. The van der Waals surface area contributed by atoms with E-state index < -0.39 is 6.10 Å². The summed E-state index contributed by atoms with van der Waals surface area (Å²) in [5.41, 5.74) is 1.55. The van der Waals surface area contributed by atoms with Crippen molar-refractivity contribution in [3.05, 3.63) is 42.2 Å². The van der Waals surface area contributed by atoms with Gasteiger partial charge in [-0.3, -0.25) is 0 Å². The molecule has 0 saturated carbocycles. The lowest BCUT2D eigenvalue weighted by Crippen LogP contribution is -2.14. The maximum absolute atomic E-state index is 10.2. The van der Waals surface area contributed by atoms with Crippen molar-refractivity contribution in [1.82, 2.24) is 15.0 Å². The Balaban J connectivity index is 2.23. The quantitative estimate of drug-likeness (QED) is 0.874. The zero-order valence-corrected chi connectivity index (χ0v) is 10.5. The van der Waals surface area contributed by atoms with Crippen LogP contribution in [0.4, 0.5) is 0 Å². The Kier molecular flexibility index (Phi) is 4.07. The number of aliphatic hydroxyl groups is 1. The molecule has 1 heterocycles. The molecule has 18 heavy (non-hydrogen) atoms. The lowest BCUT2D eigenvalue weighted by molar-refractivity contribution is 0.0533. The average Bonchev–Trinajstić information content (AvgIpc) is 2.88. The lowest BCUT2D eigenvalue weighted by atomic mass is 10.1. The number of nitrogens with zero attached hydrogens (tertiary/aromatic N) is 3. The number of rotatable bonds is 5. The van der Waals surface area contributed by atoms with Gasteiger partial charge in [-0.25, -0.2) is 4.68 Å². The van der Waals surface area contributed by atoms with Crippen molar-refractivity contribution >= 4 is 0 Å². The van der Waals surface area contributed by atoms with Crippen molar-refractivity contribution in [2.45, 2.75) is 25.6 Å². The van der Waals surface area contributed by atoms with Gasteiger partial charge >= 0.3 is 0 Å². The Bertz CT molecular complexity index is 484.